The number of hydrogen-bond acceptors (Lipinski definition) is 6. The zero-order valence-electron chi connectivity index (χ0n) is 9.62. The molecule has 2 N–H and O–H groups in total. The normalized spacial score (nSPS) is 9.26. The molecule has 2 rings (SSSR count). The summed E-state index contributed by atoms with van der Waals surface area (Å²) in [6.07, 6.45) is 8.51. The highest BCUT2D eigenvalue weighted by Gasteiger charge is 2.09. The van der Waals surface area contributed by atoms with Gasteiger partial charge in [-0.05, 0) is 6.07 Å². The summed E-state index contributed by atoms with van der Waals surface area (Å²) in [6, 6.07) is 1.74. The van der Waals surface area contributed by atoms with Crippen LogP contribution in [0.2, 0.25) is 0 Å². The van der Waals surface area contributed by atoms with E-state index in [2.05, 4.69) is 9.97 Å². The first-order valence-corrected chi connectivity index (χ1v) is 4.93. The van der Waals surface area contributed by atoms with Crippen molar-refractivity contribution in [2.75, 3.05) is 0 Å². The van der Waals surface area contributed by atoms with Gasteiger partial charge in [0.1, 0.15) is 12.4 Å². The minimum Gasteiger partial charge on any atom is -0.366 e. The van der Waals surface area contributed by atoms with Crippen molar-refractivity contribution in [1.29, 1.82) is 0 Å². The van der Waals surface area contributed by atoms with E-state index in [4.69, 9.17) is 21.1 Å². The Balaban J connectivity index is 0.000000399. The summed E-state index contributed by atoms with van der Waals surface area (Å²) in [6.45, 7) is 0.153. The van der Waals surface area contributed by atoms with E-state index < -0.39 is 5.09 Å². The van der Waals surface area contributed by atoms with Crippen molar-refractivity contribution in [2.45, 2.75) is 6.54 Å². The van der Waals surface area contributed by atoms with E-state index in [1.807, 2.05) is 0 Å². The second-order valence-corrected chi connectivity index (χ2v) is 3.23. The molecule has 0 saturated heterocycles. The third-order valence-electron chi connectivity index (χ3n) is 1.81. The van der Waals surface area contributed by atoms with E-state index in [0.29, 0.717) is 5.95 Å². The fourth-order valence-electron chi connectivity index (χ4n) is 1.21. The Morgan fingerprint density at radius 1 is 1.42 bits per heavy atom. The molecule has 0 aliphatic heterocycles. The molecular weight excluding hydrogens is 256 g/mol. The van der Waals surface area contributed by atoms with Gasteiger partial charge in [0.15, 0.2) is 6.54 Å². The predicted molar refractivity (Wildman–Crippen MR) is 61.1 cm³/mol. The Morgan fingerprint density at radius 3 is 2.53 bits per heavy atom. The second kappa shape index (κ2) is 6.64. The molecule has 2 aromatic rings. The van der Waals surface area contributed by atoms with Gasteiger partial charge in [-0.15, -0.1) is 0 Å². The van der Waals surface area contributed by atoms with Crippen LogP contribution in [0.4, 0.5) is 0 Å². The first-order chi connectivity index (χ1) is 8.99. The monoisotopic (exact) mass is 266 g/mol. The number of aromatic nitrogens is 4. The highest BCUT2D eigenvalue weighted by molar-refractivity contribution is 5.72. The van der Waals surface area contributed by atoms with Gasteiger partial charge in [0, 0.05) is 12.4 Å². The fraction of sp³-hybridized carbons (Fsp3) is 0.111. The van der Waals surface area contributed by atoms with Crippen LogP contribution in [0.25, 0.3) is 5.95 Å². The highest BCUT2D eigenvalue weighted by atomic mass is 16.9. The summed E-state index contributed by atoms with van der Waals surface area (Å²) in [5.41, 5.74) is 5.07. The molecule has 1 amide bonds. The van der Waals surface area contributed by atoms with E-state index >= 15 is 0 Å². The smallest absolute Gasteiger partial charge is 0.325 e. The Kier molecular flexibility index (Phi) is 4.90. The van der Waals surface area contributed by atoms with Crippen molar-refractivity contribution in [3.05, 3.63) is 52.5 Å². The number of carbonyl (C=O) groups is 1. The standard InChI is InChI=1S/C9H9N5O.NO3/c10-8(15)6-13-4-5-14(7-13)9-11-2-1-3-12-9;2-1(3)4/h1-5,7H,6H2,(H-,10,15);/q;-1/p+1. The number of nitrogens with zero attached hydrogens (tertiary/aromatic N) is 5. The zero-order chi connectivity index (χ0) is 14.3. The maximum absolute atomic E-state index is 10.7. The van der Waals surface area contributed by atoms with E-state index in [1.54, 1.807) is 46.3 Å². The van der Waals surface area contributed by atoms with Crippen LogP contribution in [0.1, 0.15) is 0 Å². The minimum atomic E-state index is -1.75. The van der Waals surface area contributed by atoms with Gasteiger partial charge in [0.25, 0.3) is 12.2 Å². The molecule has 2 heterocycles. The molecule has 0 radical (unpaired) electrons. The van der Waals surface area contributed by atoms with Crippen LogP contribution in [0, 0.1) is 15.3 Å². The van der Waals surface area contributed by atoms with Crippen LogP contribution in [0.15, 0.2) is 37.2 Å². The Hall–Kier alpha value is -3.04. The van der Waals surface area contributed by atoms with Gasteiger partial charge in [0.05, 0.1) is 5.09 Å². The molecular formula is C9H10N6O4. The molecule has 0 spiro atoms. The molecule has 19 heavy (non-hydrogen) atoms. The molecule has 0 aliphatic rings. The lowest BCUT2D eigenvalue weighted by Crippen LogP contribution is -2.38. The summed E-state index contributed by atoms with van der Waals surface area (Å²) in [5.74, 6) is 0.174. The van der Waals surface area contributed by atoms with Gasteiger partial charge in [-0.25, -0.2) is 4.57 Å². The molecule has 0 aliphatic carbocycles. The summed E-state index contributed by atoms with van der Waals surface area (Å²) in [4.78, 5) is 27.1. The van der Waals surface area contributed by atoms with E-state index in [-0.39, 0.29) is 12.5 Å². The van der Waals surface area contributed by atoms with Gasteiger partial charge < -0.3 is 21.1 Å². The molecule has 2 aromatic heterocycles. The van der Waals surface area contributed by atoms with Crippen LogP contribution >= 0.6 is 0 Å². The van der Waals surface area contributed by atoms with Gasteiger partial charge in [-0.3, -0.25) is 4.79 Å². The number of rotatable bonds is 3. The predicted octanol–water partition coefficient (Wildman–Crippen LogP) is -1.20. The molecule has 0 fully saturated rings. The number of primary amides is 1. The van der Waals surface area contributed by atoms with Crippen molar-refractivity contribution in [3.63, 3.8) is 0 Å². The molecule has 10 heteroatoms. The van der Waals surface area contributed by atoms with Crippen LogP contribution in [0.3, 0.4) is 0 Å². The fourth-order valence-corrected chi connectivity index (χ4v) is 1.21. The maximum atomic E-state index is 10.7. The van der Waals surface area contributed by atoms with Crippen molar-refractivity contribution >= 4 is 5.91 Å². The van der Waals surface area contributed by atoms with E-state index in [0.717, 1.165) is 0 Å². The van der Waals surface area contributed by atoms with Crippen molar-refractivity contribution in [2.24, 2.45) is 5.73 Å². The van der Waals surface area contributed by atoms with E-state index in [1.165, 1.54) is 0 Å². The first kappa shape index (κ1) is 14.0. The van der Waals surface area contributed by atoms with Crippen molar-refractivity contribution in [3.8, 4) is 5.95 Å². The van der Waals surface area contributed by atoms with Crippen molar-refractivity contribution in [1.82, 2.24) is 14.5 Å². The number of hydrogen-bond donors (Lipinski definition) is 1. The van der Waals surface area contributed by atoms with Gasteiger partial charge >= 0.3 is 5.95 Å². The van der Waals surface area contributed by atoms with Gasteiger partial charge in [-0.2, -0.15) is 14.5 Å². The molecule has 0 bridgehead atoms. The lowest BCUT2D eigenvalue weighted by molar-refractivity contribution is -0.683. The molecule has 0 aromatic carbocycles. The van der Waals surface area contributed by atoms with E-state index in [9.17, 15) is 4.79 Å². The first-order valence-electron chi connectivity index (χ1n) is 4.93. The lowest BCUT2D eigenvalue weighted by atomic mass is 10.6. The number of nitrogens with two attached hydrogens (primary N) is 1. The van der Waals surface area contributed by atoms with Crippen LogP contribution in [-0.2, 0) is 11.3 Å². The summed E-state index contributed by atoms with van der Waals surface area (Å²) in [7, 11) is 0. The molecule has 0 atom stereocenters. The Bertz CT molecular complexity index is 551. The summed E-state index contributed by atoms with van der Waals surface area (Å²) >= 11 is 0. The van der Waals surface area contributed by atoms with Crippen LogP contribution < -0.4 is 10.3 Å². The maximum Gasteiger partial charge on any atom is 0.325 e. The van der Waals surface area contributed by atoms with Gasteiger partial charge in [0.2, 0.25) is 0 Å². The molecule has 10 nitrogen and oxygen atoms in total. The number of carbonyl (C=O) groups excluding carboxylic acids is 1. The topological polar surface area (TPSA) is 144 Å². The van der Waals surface area contributed by atoms with Crippen LogP contribution in [-0.4, -0.2) is 25.5 Å². The zero-order valence-corrected chi connectivity index (χ0v) is 9.62. The largest absolute Gasteiger partial charge is 0.366 e. The van der Waals surface area contributed by atoms with Crippen molar-refractivity contribution < 1.29 is 14.4 Å². The third-order valence-corrected chi connectivity index (χ3v) is 1.81. The molecule has 100 valence electrons. The summed E-state index contributed by atoms with van der Waals surface area (Å²) in [5, 5.41) is 14.8. The van der Waals surface area contributed by atoms with Gasteiger partial charge in [-0.1, -0.05) is 0 Å². The Labute approximate surface area is 106 Å². The molecule has 0 unspecified atom stereocenters. The SMILES string of the molecule is NC(=O)C[n+]1ccn(-c2ncccn2)c1.O=[N+]([O-])[O-]. The second-order valence-electron chi connectivity index (χ2n) is 3.23. The highest BCUT2D eigenvalue weighted by Crippen LogP contribution is 1.95. The van der Waals surface area contributed by atoms with Crippen LogP contribution in [0.5, 0.6) is 0 Å². The molecule has 0 saturated carbocycles. The summed E-state index contributed by atoms with van der Waals surface area (Å²) < 4.78 is 3.38. The number of imidazole rings is 1. The average Bonchev–Trinajstić information content (AvgIpc) is 2.77. The minimum absolute atomic E-state index is 0.153. The Morgan fingerprint density at radius 2 is 2.00 bits per heavy atom. The third kappa shape index (κ3) is 5.21. The quantitative estimate of drug-likeness (QED) is 0.419. The number of amides is 1. The lowest BCUT2D eigenvalue weighted by Gasteiger charge is -1.91. The average molecular weight is 266 g/mol.